The molecule has 1 aliphatic heterocycles. The minimum absolute atomic E-state index is 0.0972. The molecule has 84 valence electrons. The van der Waals surface area contributed by atoms with Crippen molar-refractivity contribution in [2.45, 2.75) is 32.2 Å². The number of imide groups is 1. The number of urea groups is 1. The largest absolute Gasteiger partial charge is 0.356 e. The zero-order chi connectivity index (χ0) is 11.5. The summed E-state index contributed by atoms with van der Waals surface area (Å²) >= 11 is 0. The molecule has 4 amide bonds. The van der Waals surface area contributed by atoms with Gasteiger partial charge in [-0.3, -0.25) is 14.9 Å². The zero-order valence-corrected chi connectivity index (χ0v) is 8.85. The Morgan fingerprint density at radius 3 is 2.60 bits per heavy atom. The van der Waals surface area contributed by atoms with Gasteiger partial charge in [0.15, 0.2) is 0 Å². The first-order valence-corrected chi connectivity index (χ1v) is 4.82. The maximum atomic E-state index is 11.4. The van der Waals surface area contributed by atoms with Crippen molar-refractivity contribution in [3.05, 3.63) is 0 Å². The smallest absolute Gasteiger partial charge is 0.322 e. The predicted molar refractivity (Wildman–Crippen MR) is 53.0 cm³/mol. The van der Waals surface area contributed by atoms with E-state index in [9.17, 15) is 14.4 Å². The van der Waals surface area contributed by atoms with Gasteiger partial charge in [-0.1, -0.05) is 0 Å². The van der Waals surface area contributed by atoms with E-state index < -0.39 is 11.6 Å². The molecule has 0 bridgehead atoms. The molecule has 6 nitrogen and oxygen atoms in total. The van der Waals surface area contributed by atoms with Crippen molar-refractivity contribution in [1.29, 1.82) is 0 Å². The molecule has 1 atom stereocenters. The van der Waals surface area contributed by atoms with Gasteiger partial charge in [0, 0.05) is 13.5 Å². The van der Waals surface area contributed by atoms with Gasteiger partial charge in [-0.25, -0.2) is 4.79 Å². The minimum Gasteiger partial charge on any atom is -0.356 e. The van der Waals surface area contributed by atoms with Gasteiger partial charge in [0.2, 0.25) is 5.91 Å². The fraction of sp³-hybridized carbons (Fsp3) is 0.667. The Labute approximate surface area is 87.8 Å². The second-order valence-electron chi connectivity index (χ2n) is 3.83. The molecule has 15 heavy (non-hydrogen) atoms. The highest BCUT2D eigenvalue weighted by atomic mass is 16.2. The van der Waals surface area contributed by atoms with Crippen molar-refractivity contribution in [3.63, 3.8) is 0 Å². The summed E-state index contributed by atoms with van der Waals surface area (Å²) in [6.07, 6.45) is 1.15. The quantitative estimate of drug-likeness (QED) is 0.434. The number of nitrogens with one attached hydrogen (secondary N) is 3. The zero-order valence-electron chi connectivity index (χ0n) is 8.85. The second kappa shape index (κ2) is 4.29. The van der Waals surface area contributed by atoms with Gasteiger partial charge in [-0.2, -0.15) is 0 Å². The van der Waals surface area contributed by atoms with Crippen LogP contribution in [0.15, 0.2) is 0 Å². The van der Waals surface area contributed by atoms with E-state index >= 15 is 0 Å². The highest BCUT2D eigenvalue weighted by molar-refractivity contribution is 6.06. The van der Waals surface area contributed by atoms with Crippen LogP contribution in [0.25, 0.3) is 0 Å². The molecule has 3 N–H and O–H groups in total. The van der Waals surface area contributed by atoms with Crippen LogP contribution in [0, 0.1) is 0 Å². The van der Waals surface area contributed by atoms with Gasteiger partial charge in [-0.15, -0.1) is 0 Å². The molecule has 0 unspecified atom stereocenters. The van der Waals surface area contributed by atoms with Crippen LogP contribution in [0.5, 0.6) is 0 Å². The number of amides is 4. The summed E-state index contributed by atoms with van der Waals surface area (Å²) in [5.41, 5.74) is -0.838. The third-order valence-corrected chi connectivity index (χ3v) is 2.35. The Balaban J connectivity index is 2.34. The summed E-state index contributed by atoms with van der Waals surface area (Å²) in [4.78, 5) is 32.8. The Morgan fingerprint density at radius 2 is 2.13 bits per heavy atom. The average molecular weight is 213 g/mol. The summed E-state index contributed by atoms with van der Waals surface area (Å²) in [6.45, 7) is 3.61. The van der Waals surface area contributed by atoms with Crippen molar-refractivity contribution in [3.8, 4) is 0 Å². The van der Waals surface area contributed by atoms with Crippen molar-refractivity contribution < 1.29 is 14.4 Å². The van der Waals surface area contributed by atoms with Gasteiger partial charge in [-0.05, 0) is 19.8 Å². The van der Waals surface area contributed by atoms with Crippen LogP contribution in [-0.4, -0.2) is 29.9 Å². The fourth-order valence-electron chi connectivity index (χ4n) is 1.46. The highest BCUT2D eigenvalue weighted by Crippen LogP contribution is 2.15. The van der Waals surface area contributed by atoms with E-state index in [-0.39, 0.29) is 11.8 Å². The summed E-state index contributed by atoms with van der Waals surface area (Å²) in [6, 6.07) is -0.456. The van der Waals surface area contributed by atoms with Crippen molar-refractivity contribution >= 4 is 17.8 Å². The molecule has 0 aliphatic carbocycles. The van der Waals surface area contributed by atoms with Crippen LogP contribution in [-0.2, 0) is 9.59 Å². The molecule has 0 aromatic carbocycles. The van der Waals surface area contributed by atoms with Gasteiger partial charge in [0.1, 0.15) is 5.54 Å². The molecule has 1 saturated heterocycles. The standard InChI is InChI=1S/C9H15N3O3/c1-6(13)10-5-3-4-9(2)7(14)11-8(15)12-9/h3-5H2,1-2H3,(H,10,13)(H2,11,12,14,15)/t9-/m1/s1. The van der Waals surface area contributed by atoms with E-state index in [0.717, 1.165) is 0 Å². The predicted octanol–water partition coefficient (Wildman–Crippen LogP) is -0.499. The lowest BCUT2D eigenvalue weighted by atomic mass is 9.96. The molecule has 0 aromatic heterocycles. The van der Waals surface area contributed by atoms with Crippen LogP contribution < -0.4 is 16.0 Å². The van der Waals surface area contributed by atoms with E-state index in [2.05, 4.69) is 16.0 Å². The van der Waals surface area contributed by atoms with Crippen molar-refractivity contribution in [1.82, 2.24) is 16.0 Å². The normalized spacial score (nSPS) is 24.7. The monoisotopic (exact) mass is 213 g/mol. The van der Waals surface area contributed by atoms with Crippen LogP contribution in [0.1, 0.15) is 26.7 Å². The van der Waals surface area contributed by atoms with Gasteiger partial charge >= 0.3 is 6.03 Å². The molecule has 1 heterocycles. The molecule has 0 aromatic rings. The van der Waals surface area contributed by atoms with Gasteiger partial charge < -0.3 is 10.6 Å². The molecule has 0 spiro atoms. The number of hydrogen-bond acceptors (Lipinski definition) is 3. The first-order chi connectivity index (χ1) is 6.94. The Kier molecular flexibility index (Phi) is 3.28. The molecule has 0 saturated carbocycles. The summed E-state index contributed by atoms with van der Waals surface area (Å²) in [5, 5.41) is 7.37. The lowest BCUT2D eigenvalue weighted by molar-refractivity contribution is -0.123. The number of carbonyl (C=O) groups is 3. The van der Waals surface area contributed by atoms with Gasteiger partial charge in [0.05, 0.1) is 0 Å². The van der Waals surface area contributed by atoms with E-state index in [4.69, 9.17) is 0 Å². The van der Waals surface area contributed by atoms with Crippen LogP contribution >= 0.6 is 0 Å². The van der Waals surface area contributed by atoms with Crippen LogP contribution in [0.3, 0.4) is 0 Å². The molecule has 1 aliphatic rings. The molecule has 1 rings (SSSR count). The number of hydrogen-bond donors (Lipinski definition) is 3. The summed E-state index contributed by atoms with van der Waals surface area (Å²) in [7, 11) is 0. The maximum Gasteiger partial charge on any atom is 0.322 e. The second-order valence-corrected chi connectivity index (χ2v) is 3.83. The molecule has 0 radical (unpaired) electrons. The van der Waals surface area contributed by atoms with Crippen molar-refractivity contribution in [2.24, 2.45) is 0 Å². The fourth-order valence-corrected chi connectivity index (χ4v) is 1.46. The van der Waals surface area contributed by atoms with E-state index in [1.807, 2.05) is 0 Å². The summed E-state index contributed by atoms with van der Waals surface area (Å²) in [5.74, 6) is -0.407. The minimum atomic E-state index is -0.838. The third-order valence-electron chi connectivity index (χ3n) is 2.35. The third kappa shape index (κ3) is 2.93. The summed E-state index contributed by atoms with van der Waals surface area (Å²) < 4.78 is 0. The van der Waals surface area contributed by atoms with Crippen LogP contribution in [0.2, 0.25) is 0 Å². The molecule has 6 heteroatoms. The molecule has 1 fully saturated rings. The molecular weight excluding hydrogens is 198 g/mol. The highest BCUT2D eigenvalue weighted by Gasteiger charge is 2.40. The Bertz CT molecular complexity index is 303. The van der Waals surface area contributed by atoms with E-state index in [1.54, 1.807) is 6.92 Å². The topological polar surface area (TPSA) is 87.3 Å². The number of carbonyl (C=O) groups excluding carboxylic acids is 3. The SMILES string of the molecule is CC(=O)NCCC[C@@]1(C)NC(=O)NC1=O. The lowest BCUT2D eigenvalue weighted by Gasteiger charge is -2.19. The van der Waals surface area contributed by atoms with E-state index in [1.165, 1.54) is 6.92 Å². The Morgan fingerprint density at radius 1 is 1.47 bits per heavy atom. The average Bonchev–Trinajstić information content (AvgIpc) is 2.35. The van der Waals surface area contributed by atoms with Crippen molar-refractivity contribution in [2.75, 3.05) is 6.54 Å². The Hall–Kier alpha value is -1.59. The maximum absolute atomic E-state index is 11.4. The first-order valence-electron chi connectivity index (χ1n) is 4.82. The lowest BCUT2D eigenvalue weighted by Crippen LogP contribution is -2.44. The first kappa shape index (κ1) is 11.5. The van der Waals surface area contributed by atoms with Crippen LogP contribution in [0.4, 0.5) is 4.79 Å². The molecular formula is C9H15N3O3. The van der Waals surface area contributed by atoms with Gasteiger partial charge in [0.25, 0.3) is 5.91 Å². The van der Waals surface area contributed by atoms with E-state index in [0.29, 0.717) is 19.4 Å². The number of rotatable bonds is 4.